The van der Waals surface area contributed by atoms with E-state index in [1.807, 2.05) is 41.8 Å². The topological polar surface area (TPSA) is 67.0 Å². The normalized spacial score (nSPS) is 11.6. The summed E-state index contributed by atoms with van der Waals surface area (Å²) >= 11 is 0. The molecule has 0 bridgehead atoms. The number of benzene rings is 2. The van der Waals surface area contributed by atoms with E-state index in [-0.39, 0.29) is 5.56 Å². The number of ether oxygens (including phenoxy) is 1. The molecule has 1 heterocycles. The van der Waals surface area contributed by atoms with Gasteiger partial charge >= 0.3 is 0 Å². The van der Waals surface area contributed by atoms with Crippen molar-refractivity contribution < 1.29 is 18.3 Å². The van der Waals surface area contributed by atoms with Gasteiger partial charge in [0, 0.05) is 34.8 Å². The Kier molecular flexibility index (Phi) is 5.64. The minimum atomic E-state index is -1.25. The lowest BCUT2D eigenvalue weighted by Crippen LogP contribution is -2.28. The van der Waals surface area contributed by atoms with Crippen LogP contribution in [0.2, 0.25) is 0 Å². The monoisotopic (exact) mass is 395 g/mol. The molecular weight excluding hydrogens is 376 g/mol. The van der Waals surface area contributed by atoms with Crippen LogP contribution in [0.15, 0.2) is 48.5 Å². The second kappa shape index (κ2) is 8.15. The molecule has 3 rings (SSSR count). The fourth-order valence-corrected chi connectivity index (χ4v) is 3.26. The molecule has 1 N–H and O–H groups in total. The molecule has 0 saturated heterocycles. The van der Waals surface area contributed by atoms with E-state index >= 15 is 0 Å². The van der Waals surface area contributed by atoms with Crippen LogP contribution in [-0.4, -0.2) is 17.6 Å². The van der Waals surface area contributed by atoms with E-state index in [9.17, 15) is 18.8 Å². The third-order valence-corrected chi connectivity index (χ3v) is 4.67. The predicted molar refractivity (Wildman–Crippen MR) is 104 cm³/mol. The number of halogens is 2. The largest absolute Gasteiger partial charge is 0.497 e. The lowest BCUT2D eigenvalue weighted by atomic mass is 10.1. The summed E-state index contributed by atoms with van der Waals surface area (Å²) in [6, 6.07) is 12.6. The lowest BCUT2D eigenvalue weighted by molar-refractivity contribution is 0.0944. The smallest absolute Gasteiger partial charge is 0.254 e. The van der Waals surface area contributed by atoms with Gasteiger partial charge in [-0.15, -0.1) is 0 Å². The summed E-state index contributed by atoms with van der Waals surface area (Å²) < 4.78 is 34.3. The molecule has 0 fully saturated rings. The third-order valence-electron chi connectivity index (χ3n) is 4.67. The van der Waals surface area contributed by atoms with Crippen molar-refractivity contribution in [2.45, 2.75) is 19.9 Å². The maximum absolute atomic E-state index is 14.0. The average molecular weight is 395 g/mol. The fraction of sp³-hybridized carbons (Fsp3) is 0.182. The molecule has 1 unspecified atom stereocenters. The molecule has 3 aromatic rings. The second-order valence-corrected chi connectivity index (χ2v) is 6.52. The molecule has 1 aromatic heterocycles. The van der Waals surface area contributed by atoms with Gasteiger partial charge in [-0.05, 0) is 38.1 Å². The SMILES string of the molecule is COc1cccc(-n2c(C)cc(C(=O)NC(C#N)c3ccc(F)cc3F)c2C)c1. The van der Waals surface area contributed by atoms with Crippen LogP contribution in [0.3, 0.4) is 0 Å². The van der Waals surface area contributed by atoms with Gasteiger partial charge in [-0.2, -0.15) is 5.26 Å². The first-order valence-corrected chi connectivity index (χ1v) is 8.84. The van der Waals surface area contributed by atoms with E-state index in [0.717, 1.165) is 23.5 Å². The van der Waals surface area contributed by atoms with E-state index in [2.05, 4.69) is 5.32 Å². The van der Waals surface area contributed by atoms with Crippen molar-refractivity contribution in [3.63, 3.8) is 0 Å². The number of rotatable bonds is 5. The summed E-state index contributed by atoms with van der Waals surface area (Å²) in [5, 5.41) is 11.9. The number of carbonyl (C=O) groups excluding carboxylic acids is 1. The van der Waals surface area contributed by atoms with Crippen molar-refractivity contribution in [1.29, 1.82) is 5.26 Å². The van der Waals surface area contributed by atoms with Gasteiger partial charge in [0.1, 0.15) is 23.4 Å². The Morgan fingerprint density at radius 2 is 1.93 bits per heavy atom. The Bertz CT molecular complexity index is 1120. The number of aryl methyl sites for hydroxylation is 1. The Morgan fingerprint density at radius 3 is 2.59 bits per heavy atom. The molecular formula is C22H19F2N3O2. The van der Waals surface area contributed by atoms with Gasteiger partial charge in [0.2, 0.25) is 0 Å². The van der Waals surface area contributed by atoms with E-state index in [0.29, 0.717) is 23.1 Å². The molecule has 0 saturated carbocycles. The van der Waals surface area contributed by atoms with Crippen LogP contribution in [0.1, 0.15) is 33.4 Å². The van der Waals surface area contributed by atoms with Crippen LogP contribution in [0.25, 0.3) is 5.69 Å². The number of nitriles is 1. The number of hydrogen-bond acceptors (Lipinski definition) is 3. The Morgan fingerprint density at radius 1 is 1.17 bits per heavy atom. The van der Waals surface area contributed by atoms with Crippen molar-refractivity contribution in [3.05, 3.63) is 82.7 Å². The zero-order chi connectivity index (χ0) is 21.1. The Balaban J connectivity index is 1.92. The molecule has 0 spiro atoms. The first kappa shape index (κ1) is 20.1. The van der Waals surface area contributed by atoms with Crippen LogP contribution in [-0.2, 0) is 0 Å². The van der Waals surface area contributed by atoms with E-state index in [4.69, 9.17) is 4.74 Å². The van der Waals surface area contributed by atoms with Crippen LogP contribution in [0.5, 0.6) is 5.75 Å². The Hall–Kier alpha value is -3.66. The molecule has 0 aliphatic rings. The van der Waals surface area contributed by atoms with Gasteiger partial charge < -0.3 is 14.6 Å². The number of nitrogens with one attached hydrogen (secondary N) is 1. The van der Waals surface area contributed by atoms with Gasteiger partial charge in [-0.25, -0.2) is 8.78 Å². The van der Waals surface area contributed by atoms with Crippen molar-refractivity contribution in [2.75, 3.05) is 7.11 Å². The van der Waals surface area contributed by atoms with Gasteiger partial charge in [-0.1, -0.05) is 12.1 Å². The number of methoxy groups -OCH3 is 1. The van der Waals surface area contributed by atoms with Crippen LogP contribution >= 0.6 is 0 Å². The van der Waals surface area contributed by atoms with E-state index in [1.165, 1.54) is 0 Å². The number of hydrogen-bond donors (Lipinski definition) is 1. The first-order chi connectivity index (χ1) is 13.8. The predicted octanol–water partition coefficient (Wildman–Crippen LogP) is 4.38. The van der Waals surface area contributed by atoms with Gasteiger partial charge in [-0.3, -0.25) is 4.79 Å². The average Bonchev–Trinajstić information content (AvgIpc) is 3.00. The molecule has 0 aliphatic heterocycles. The highest BCUT2D eigenvalue weighted by atomic mass is 19.1. The maximum Gasteiger partial charge on any atom is 0.254 e. The van der Waals surface area contributed by atoms with Crippen molar-refractivity contribution >= 4 is 5.91 Å². The summed E-state index contributed by atoms with van der Waals surface area (Å²) in [6.45, 7) is 3.63. The Labute approximate surface area is 167 Å². The van der Waals surface area contributed by atoms with E-state index < -0.39 is 23.6 Å². The molecule has 0 aliphatic carbocycles. The summed E-state index contributed by atoms with van der Waals surface area (Å²) in [5.74, 6) is -1.49. The zero-order valence-electron chi connectivity index (χ0n) is 16.2. The zero-order valence-corrected chi connectivity index (χ0v) is 16.2. The molecule has 2 aromatic carbocycles. The molecule has 148 valence electrons. The van der Waals surface area contributed by atoms with Crippen molar-refractivity contribution in [1.82, 2.24) is 9.88 Å². The maximum atomic E-state index is 14.0. The number of amides is 1. The summed E-state index contributed by atoms with van der Waals surface area (Å²) in [5.41, 5.74) is 2.55. The highest BCUT2D eigenvalue weighted by Gasteiger charge is 2.22. The molecule has 1 atom stereocenters. The van der Waals surface area contributed by atoms with E-state index in [1.54, 1.807) is 20.1 Å². The highest BCUT2D eigenvalue weighted by molar-refractivity contribution is 5.96. The summed E-state index contributed by atoms with van der Waals surface area (Å²) in [4.78, 5) is 12.8. The minimum absolute atomic E-state index is 0.0937. The van der Waals surface area contributed by atoms with Gasteiger partial charge in [0.15, 0.2) is 0 Å². The summed E-state index contributed by atoms with van der Waals surface area (Å²) in [7, 11) is 1.57. The molecule has 5 nitrogen and oxygen atoms in total. The molecule has 1 amide bonds. The van der Waals surface area contributed by atoms with Crippen molar-refractivity contribution in [2.24, 2.45) is 0 Å². The van der Waals surface area contributed by atoms with Crippen molar-refractivity contribution in [3.8, 4) is 17.5 Å². The fourth-order valence-electron chi connectivity index (χ4n) is 3.26. The number of nitrogens with zero attached hydrogens (tertiary/aromatic N) is 2. The van der Waals surface area contributed by atoms with Gasteiger partial charge in [0.25, 0.3) is 5.91 Å². The number of carbonyl (C=O) groups is 1. The quantitative estimate of drug-likeness (QED) is 0.697. The second-order valence-electron chi connectivity index (χ2n) is 6.52. The third kappa shape index (κ3) is 3.97. The lowest BCUT2D eigenvalue weighted by Gasteiger charge is -2.14. The molecule has 29 heavy (non-hydrogen) atoms. The van der Waals surface area contributed by atoms with Crippen LogP contribution in [0.4, 0.5) is 8.78 Å². The standard InChI is InChI=1S/C22H19F2N3O2/c1-13-9-19(14(2)27(13)16-5-4-6-17(11-16)29-3)22(28)26-21(12-25)18-8-7-15(23)10-20(18)24/h4-11,21H,1-3H3,(H,26,28). The molecule has 7 heteroatoms. The summed E-state index contributed by atoms with van der Waals surface area (Å²) in [6.07, 6.45) is 0. The number of aromatic nitrogens is 1. The van der Waals surface area contributed by atoms with Crippen LogP contribution in [0, 0.1) is 36.8 Å². The highest BCUT2D eigenvalue weighted by Crippen LogP contribution is 2.25. The van der Waals surface area contributed by atoms with Crippen LogP contribution < -0.4 is 10.1 Å². The minimum Gasteiger partial charge on any atom is -0.497 e. The first-order valence-electron chi connectivity index (χ1n) is 8.84. The molecule has 0 radical (unpaired) electrons. The van der Waals surface area contributed by atoms with Gasteiger partial charge in [0.05, 0.1) is 18.7 Å².